The zero-order valence-electron chi connectivity index (χ0n) is 23.6. The van der Waals surface area contributed by atoms with Crippen molar-refractivity contribution in [2.75, 3.05) is 48.8 Å². The highest BCUT2D eigenvalue weighted by Gasteiger charge is 2.26. The normalized spacial score (nSPS) is 13.7. The number of ether oxygens (including phenoxy) is 2. The van der Waals surface area contributed by atoms with E-state index in [2.05, 4.69) is 30.7 Å². The number of carbonyl (C=O) groups excluding carboxylic acids is 1. The number of carbonyl (C=O) groups is 1. The molecule has 0 saturated carbocycles. The molecule has 13 heteroatoms. The van der Waals surface area contributed by atoms with E-state index in [9.17, 15) is 9.59 Å². The third kappa shape index (κ3) is 6.63. The number of hydrogen-bond acceptors (Lipinski definition) is 9. The summed E-state index contributed by atoms with van der Waals surface area (Å²) in [5.41, 5.74) is 1.22. The summed E-state index contributed by atoms with van der Waals surface area (Å²) in [5.74, 6) is 1.31. The lowest BCUT2D eigenvalue weighted by Gasteiger charge is -2.37. The largest absolute Gasteiger partial charge is 0.494 e. The van der Waals surface area contributed by atoms with Gasteiger partial charge >= 0.3 is 6.09 Å². The van der Waals surface area contributed by atoms with Gasteiger partial charge in [0.25, 0.3) is 5.56 Å². The summed E-state index contributed by atoms with van der Waals surface area (Å²) in [4.78, 5) is 33.8. The van der Waals surface area contributed by atoms with Crippen molar-refractivity contribution in [2.45, 2.75) is 26.4 Å². The highest BCUT2D eigenvalue weighted by atomic mass is 35.5. The highest BCUT2D eigenvalue weighted by molar-refractivity contribution is 6.36. The molecule has 1 amide bonds. The molecular weight excluding hydrogens is 581 g/mol. The van der Waals surface area contributed by atoms with Crippen LogP contribution in [0.5, 0.6) is 5.75 Å². The van der Waals surface area contributed by atoms with Crippen LogP contribution in [0.25, 0.3) is 10.8 Å². The summed E-state index contributed by atoms with van der Waals surface area (Å²) in [6.45, 7) is 7.95. The molecule has 0 radical (unpaired) electrons. The first kappa shape index (κ1) is 29.3. The molecule has 11 nitrogen and oxygen atoms in total. The number of nitrogens with zero attached hydrogens (tertiary/aromatic N) is 4. The first-order valence-electron chi connectivity index (χ1n) is 13.3. The van der Waals surface area contributed by atoms with E-state index in [1.165, 1.54) is 0 Å². The summed E-state index contributed by atoms with van der Waals surface area (Å²) in [5, 5.41) is 14.7. The number of rotatable bonds is 6. The van der Waals surface area contributed by atoms with Gasteiger partial charge in [0.05, 0.1) is 35.1 Å². The molecule has 42 heavy (non-hydrogen) atoms. The van der Waals surface area contributed by atoms with Gasteiger partial charge in [-0.1, -0.05) is 23.2 Å². The van der Waals surface area contributed by atoms with Gasteiger partial charge in [-0.3, -0.25) is 4.79 Å². The minimum Gasteiger partial charge on any atom is -0.494 e. The Bertz CT molecular complexity index is 1680. The number of hydrogen-bond donors (Lipinski definition) is 3. The fraction of sp³-hybridized carbons (Fsp3) is 0.310. The van der Waals surface area contributed by atoms with Crippen LogP contribution in [0.3, 0.4) is 0 Å². The van der Waals surface area contributed by atoms with E-state index in [1.807, 2.05) is 39.0 Å². The van der Waals surface area contributed by atoms with Crippen LogP contribution in [0.2, 0.25) is 10.0 Å². The molecule has 3 heterocycles. The van der Waals surface area contributed by atoms with Gasteiger partial charge in [-0.15, -0.1) is 0 Å². The van der Waals surface area contributed by atoms with Crippen LogP contribution in [0.15, 0.2) is 53.5 Å². The van der Waals surface area contributed by atoms with E-state index in [4.69, 9.17) is 32.7 Å². The smallest absolute Gasteiger partial charge is 0.410 e. The number of H-pyrrole nitrogens is 1. The van der Waals surface area contributed by atoms with Crippen LogP contribution in [0.4, 0.5) is 33.5 Å². The molecule has 4 aromatic rings. The van der Waals surface area contributed by atoms with Crippen LogP contribution >= 0.6 is 23.2 Å². The fourth-order valence-corrected chi connectivity index (χ4v) is 5.04. The van der Waals surface area contributed by atoms with Crippen molar-refractivity contribution < 1.29 is 14.3 Å². The van der Waals surface area contributed by atoms with Crippen molar-refractivity contribution in [1.29, 1.82) is 0 Å². The summed E-state index contributed by atoms with van der Waals surface area (Å²) in [7, 11) is 1.58. The molecule has 1 aliphatic heterocycles. The average Bonchev–Trinajstić information content (AvgIpc) is 2.94. The van der Waals surface area contributed by atoms with Gasteiger partial charge in [0.15, 0.2) is 0 Å². The molecular formula is C29H31Cl2N7O4. The first-order valence-corrected chi connectivity index (χ1v) is 14.0. The number of pyridine rings is 1. The molecule has 0 unspecified atom stereocenters. The topological polar surface area (TPSA) is 125 Å². The van der Waals surface area contributed by atoms with Gasteiger partial charge < -0.3 is 29.9 Å². The van der Waals surface area contributed by atoms with Crippen molar-refractivity contribution in [2.24, 2.45) is 0 Å². The number of benzene rings is 2. The van der Waals surface area contributed by atoms with Crippen molar-refractivity contribution in [1.82, 2.24) is 20.1 Å². The number of amides is 1. The molecule has 3 N–H and O–H groups in total. The van der Waals surface area contributed by atoms with E-state index in [0.717, 1.165) is 5.69 Å². The second kappa shape index (κ2) is 11.9. The number of fused-ring (bicyclic) bond motifs is 1. The van der Waals surface area contributed by atoms with Crippen LogP contribution in [-0.2, 0) is 4.74 Å². The molecule has 0 atom stereocenters. The monoisotopic (exact) mass is 611 g/mol. The van der Waals surface area contributed by atoms with Gasteiger partial charge in [-0.25, -0.2) is 14.9 Å². The Morgan fingerprint density at radius 1 is 1.00 bits per heavy atom. The predicted molar refractivity (Wildman–Crippen MR) is 166 cm³/mol. The van der Waals surface area contributed by atoms with Crippen molar-refractivity contribution in [3.05, 3.63) is 69.1 Å². The Labute approximate surface area is 252 Å². The summed E-state index contributed by atoms with van der Waals surface area (Å²) < 4.78 is 11.2. The lowest BCUT2D eigenvalue weighted by molar-refractivity contribution is 0.0240. The Morgan fingerprint density at radius 2 is 1.74 bits per heavy atom. The van der Waals surface area contributed by atoms with E-state index < -0.39 is 11.2 Å². The third-order valence-electron chi connectivity index (χ3n) is 6.58. The van der Waals surface area contributed by atoms with E-state index in [0.29, 0.717) is 75.8 Å². The second-order valence-electron chi connectivity index (χ2n) is 10.7. The van der Waals surface area contributed by atoms with Gasteiger partial charge in [0, 0.05) is 48.3 Å². The van der Waals surface area contributed by atoms with Crippen LogP contribution < -0.4 is 25.8 Å². The molecule has 220 valence electrons. The van der Waals surface area contributed by atoms with E-state index in [-0.39, 0.29) is 6.09 Å². The second-order valence-corrected chi connectivity index (χ2v) is 11.6. The van der Waals surface area contributed by atoms with Crippen molar-refractivity contribution >= 4 is 68.8 Å². The zero-order chi connectivity index (χ0) is 30.0. The Kier molecular flexibility index (Phi) is 8.33. The molecule has 1 saturated heterocycles. The maximum Gasteiger partial charge on any atom is 0.410 e. The zero-order valence-corrected chi connectivity index (χ0v) is 25.1. The van der Waals surface area contributed by atoms with Gasteiger partial charge in [0.1, 0.15) is 23.0 Å². The lowest BCUT2D eigenvalue weighted by atomic mass is 10.2. The summed E-state index contributed by atoms with van der Waals surface area (Å²) in [6.07, 6.45) is 1.24. The number of piperazine rings is 1. The minimum atomic E-state index is -0.537. The third-order valence-corrected chi connectivity index (χ3v) is 7.12. The van der Waals surface area contributed by atoms with Gasteiger partial charge in [-0.05, 0) is 57.2 Å². The molecule has 1 fully saturated rings. The van der Waals surface area contributed by atoms with Crippen molar-refractivity contribution in [3.63, 3.8) is 0 Å². The Morgan fingerprint density at radius 3 is 2.43 bits per heavy atom. The molecule has 2 aromatic carbocycles. The quantitative estimate of drug-likeness (QED) is 0.234. The molecule has 1 aliphatic rings. The maximum atomic E-state index is 12.8. The lowest BCUT2D eigenvalue weighted by Crippen LogP contribution is -2.50. The van der Waals surface area contributed by atoms with E-state index in [1.54, 1.807) is 42.5 Å². The maximum absolute atomic E-state index is 12.8. The molecule has 2 aromatic heterocycles. The van der Waals surface area contributed by atoms with Crippen LogP contribution in [-0.4, -0.2) is 65.1 Å². The molecule has 0 aliphatic carbocycles. The minimum absolute atomic E-state index is 0.306. The first-order chi connectivity index (χ1) is 20.0. The molecule has 0 bridgehead atoms. The van der Waals surface area contributed by atoms with Crippen LogP contribution in [0, 0.1) is 0 Å². The Balaban J connectivity index is 1.39. The number of anilines is 5. The van der Waals surface area contributed by atoms with Crippen LogP contribution in [0.1, 0.15) is 20.8 Å². The van der Waals surface area contributed by atoms with Crippen molar-refractivity contribution in [3.8, 4) is 5.75 Å². The van der Waals surface area contributed by atoms with Gasteiger partial charge in [-0.2, -0.15) is 5.10 Å². The number of halogens is 2. The average molecular weight is 613 g/mol. The summed E-state index contributed by atoms with van der Waals surface area (Å²) >= 11 is 12.4. The number of nitrogens with one attached hydrogen (secondary N) is 3. The number of methoxy groups -OCH3 is 1. The standard InChI is InChI=1S/C29H31Cl2N7O4/c1-29(2,3)42-28(40)38-11-9-37(10-12-38)19-6-8-22(23(15-19)41-4)34-26-25-17(16-32-36-27(25)39)13-24(35-26)33-21-7-5-18(30)14-20(21)31/h5-8,13-16H,9-12H2,1-4H3,(H,36,39)(H2,33,34,35). The van der Waals surface area contributed by atoms with E-state index >= 15 is 0 Å². The predicted octanol–water partition coefficient (Wildman–Crippen LogP) is 6.18. The molecule has 5 rings (SSSR count). The van der Waals surface area contributed by atoms with Gasteiger partial charge in [0.2, 0.25) is 0 Å². The number of aromatic amines is 1. The number of aromatic nitrogens is 3. The fourth-order valence-electron chi connectivity index (χ4n) is 4.59. The highest BCUT2D eigenvalue weighted by Crippen LogP contribution is 2.35. The summed E-state index contributed by atoms with van der Waals surface area (Å²) in [6, 6.07) is 12.5. The Hall–Kier alpha value is -4.22. The molecule has 0 spiro atoms. The SMILES string of the molecule is COc1cc(N2CCN(C(=O)OC(C)(C)C)CC2)ccc1Nc1nc(Nc2ccc(Cl)cc2Cl)cc2cn[nH]c(=O)c12.